The first-order valence-electron chi connectivity index (χ1n) is 17.8. The van der Waals surface area contributed by atoms with E-state index in [0.717, 1.165) is 36.5 Å². The smallest absolute Gasteiger partial charge is 0.408 e. The number of rotatable bonds is 13. The lowest BCUT2D eigenvalue weighted by Gasteiger charge is -2.35. The molecule has 3 N–H and O–H groups in total. The second-order valence-electron chi connectivity index (χ2n) is 15.3. The molecule has 282 valence electrons. The van der Waals surface area contributed by atoms with Crippen molar-refractivity contribution in [3.8, 4) is 11.5 Å². The van der Waals surface area contributed by atoms with E-state index in [1.165, 1.54) is 11.0 Å². The first-order valence-corrected chi connectivity index (χ1v) is 19.2. The zero-order valence-corrected chi connectivity index (χ0v) is 30.8. The molecule has 15 heteroatoms. The number of hydrogen-bond acceptors (Lipinski definition) is 10. The number of nitrogens with one attached hydrogen (secondary N) is 3. The maximum absolute atomic E-state index is 14.5. The van der Waals surface area contributed by atoms with Crippen LogP contribution in [0.4, 0.5) is 4.79 Å². The Morgan fingerprint density at radius 2 is 1.75 bits per heavy atom. The zero-order valence-electron chi connectivity index (χ0n) is 30.0. The molecule has 6 rings (SSSR count). The summed E-state index contributed by atoms with van der Waals surface area (Å²) in [6.07, 6.45) is 4.11. The second-order valence-corrected chi connectivity index (χ2v) is 16.6. The standard InChI is InChI=1S/C37H48N4O10S/c1-6-23-20-37(23,34(44)40-52(46,47)51-25-14-15-25)39-32(42)29-19-27(49-30-13-9-10-22-18-26(48-5)16-17-28(22)30)21-41(29)33(43)31(36(2,3)4)38-35(45)50-24-11-7-8-12-24/h6,9-10,13,16-18,23-25,27,29,31H,1,7-8,11-12,14-15,19-21H2,2-5H3,(H,38,45)(H,39,42)(H,40,44)/t23?,27-,29?,31?,37-/m1/s1. The highest BCUT2D eigenvalue weighted by molar-refractivity contribution is 7.85. The maximum Gasteiger partial charge on any atom is 0.408 e. The van der Waals surface area contributed by atoms with Crippen LogP contribution < -0.4 is 24.8 Å². The maximum atomic E-state index is 14.5. The van der Waals surface area contributed by atoms with E-state index in [4.69, 9.17) is 18.4 Å². The Morgan fingerprint density at radius 3 is 2.38 bits per heavy atom. The Kier molecular flexibility index (Phi) is 10.5. The van der Waals surface area contributed by atoms with E-state index < -0.39 is 75.3 Å². The molecule has 1 aliphatic heterocycles. The molecule has 0 bridgehead atoms. The Balaban J connectivity index is 1.26. The van der Waals surface area contributed by atoms with Crippen LogP contribution in [0.2, 0.25) is 0 Å². The predicted octanol–water partition coefficient (Wildman–Crippen LogP) is 3.88. The first-order chi connectivity index (χ1) is 24.6. The number of ether oxygens (including phenoxy) is 3. The van der Waals surface area contributed by atoms with Gasteiger partial charge in [-0.15, -0.1) is 6.58 Å². The minimum atomic E-state index is -4.41. The third-order valence-electron chi connectivity index (χ3n) is 10.2. The summed E-state index contributed by atoms with van der Waals surface area (Å²) in [5.74, 6) is -1.51. The minimum Gasteiger partial charge on any atom is -0.497 e. The third kappa shape index (κ3) is 8.30. The average molecular weight is 741 g/mol. The molecule has 2 aromatic carbocycles. The largest absolute Gasteiger partial charge is 0.497 e. The first kappa shape index (κ1) is 37.4. The predicted molar refractivity (Wildman–Crippen MR) is 190 cm³/mol. The van der Waals surface area contributed by atoms with Crippen molar-refractivity contribution in [2.75, 3.05) is 13.7 Å². The Bertz CT molecular complexity index is 1830. The van der Waals surface area contributed by atoms with Crippen molar-refractivity contribution in [2.24, 2.45) is 11.3 Å². The topological polar surface area (TPSA) is 179 Å². The number of alkyl carbamates (subject to hydrolysis) is 1. The van der Waals surface area contributed by atoms with Gasteiger partial charge in [-0.05, 0) is 80.0 Å². The van der Waals surface area contributed by atoms with E-state index in [-0.39, 0.29) is 25.5 Å². The van der Waals surface area contributed by atoms with Crippen molar-refractivity contribution in [2.45, 2.75) is 108 Å². The van der Waals surface area contributed by atoms with Crippen molar-refractivity contribution in [1.29, 1.82) is 0 Å². The van der Waals surface area contributed by atoms with Crippen LogP contribution in [0.25, 0.3) is 10.8 Å². The second kappa shape index (κ2) is 14.6. The van der Waals surface area contributed by atoms with Gasteiger partial charge in [0.1, 0.15) is 41.3 Å². The summed E-state index contributed by atoms with van der Waals surface area (Å²) >= 11 is 0. The molecule has 4 amide bonds. The van der Waals surface area contributed by atoms with Gasteiger partial charge in [0.15, 0.2) is 0 Å². The van der Waals surface area contributed by atoms with Gasteiger partial charge in [-0.3, -0.25) is 18.6 Å². The van der Waals surface area contributed by atoms with Crippen LogP contribution in [-0.2, 0) is 33.6 Å². The lowest BCUT2D eigenvalue weighted by Crippen LogP contribution is -2.60. The molecule has 1 saturated heterocycles. The van der Waals surface area contributed by atoms with E-state index in [0.29, 0.717) is 24.3 Å². The van der Waals surface area contributed by atoms with Gasteiger partial charge in [-0.25, -0.2) is 9.52 Å². The van der Waals surface area contributed by atoms with Gasteiger partial charge in [0.25, 0.3) is 5.91 Å². The summed E-state index contributed by atoms with van der Waals surface area (Å²) in [7, 11) is -2.83. The number of benzene rings is 2. The molecule has 3 saturated carbocycles. The summed E-state index contributed by atoms with van der Waals surface area (Å²) in [5.41, 5.74) is -2.41. The molecule has 0 aromatic heterocycles. The van der Waals surface area contributed by atoms with E-state index in [9.17, 15) is 27.6 Å². The van der Waals surface area contributed by atoms with E-state index >= 15 is 0 Å². The average Bonchev–Trinajstić information content (AvgIpc) is 3.92. The lowest BCUT2D eigenvalue weighted by atomic mass is 9.85. The Hall–Kier alpha value is -4.37. The van der Waals surface area contributed by atoms with Crippen LogP contribution in [0.3, 0.4) is 0 Å². The van der Waals surface area contributed by atoms with Crippen molar-refractivity contribution in [3.63, 3.8) is 0 Å². The molecule has 14 nitrogen and oxygen atoms in total. The molecule has 52 heavy (non-hydrogen) atoms. The van der Waals surface area contributed by atoms with E-state index in [2.05, 4.69) is 17.2 Å². The van der Waals surface area contributed by atoms with Gasteiger partial charge in [0.05, 0.1) is 19.8 Å². The number of fused-ring (bicyclic) bond motifs is 1. The molecule has 0 radical (unpaired) electrons. The van der Waals surface area contributed by atoms with Gasteiger partial charge in [0, 0.05) is 17.7 Å². The Labute approximate surface area is 304 Å². The molecule has 3 unspecified atom stereocenters. The number of carbonyl (C=O) groups excluding carboxylic acids is 4. The molecular weight excluding hydrogens is 692 g/mol. The van der Waals surface area contributed by atoms with Crippen LogP contribution in [0.15, 0.2) is 49.1 Å². The van der Waals surface area contributed by atoms with Crippen molar-refractivity contribution < 1.29 is 46.0 Å². The number of nitrogens with zero attached hydrogens (tertiary/aromatic N) is 1. The van der Waals surface area contributed by atoms with Crippen LogP contribution in [-0.4, -0.2) is 86.7 Å². The molecule has 0 spiro atoms. The van der Waals surface area contributed by atoms with Crippen molar-refractivity contribution >= 4 is 44.9 Å². The zero-order chi connectivity index (χ0) is 37.4. The number of hydrogen-bond donors (Lipinski definition) is 3. The Morgan fingerprint density at radius 1 is 1.02 bits per heavy atom. The van der Waals surface area contributed by atoms with Gasteiger partial charge in [0.2, 0.25) is 11.8 Å². The van der Waals surface area contributed by atoms with Gasteiger partial charge < -0.3 is 29.7 Å². The van der Waals surface area contributed by atoms with Gasteiger partial charge in [-0.2, -0.15) is 8.42 Å². The van der Waals surface area contributed by atoms with Crippen LogP contribution >= 0.6 is 0 Å². The molecule has 4 fully saturated rings. The van der Waals surface area contributed by atoms with Crippen molar-refractivity contribution in [1.82, 2.24) is 20.3 Å². The monoisotopic (exact) mass is 740 g/mol. The molecule has 5 atom stereocenters. The third-order valence-corrected chi connectivity index (χ3v) is 11.2. The normalized spacial score (nSPS) is 25.2. The summed E-state index contributed by atoms with van der Waals surface area (Å²) in [4.78, 5) is 56.6. The fourth-order valence-corrected chi connectivity index (χ4v) is 8.06. The summed E-state index contributed by atoms with van der Waals surface area (Å²) < 4.78 is 49.5. The van der Waals surface area contributed by atoms with Crippen LogP contribution in [0, 0.1) is 11.3 Å². The van der Waals surface area contributed by atoms with Gasteiger partial charge in [-0.1, -0.05) is 39.0 Å². The highest BCUT2D eigenvalue weighted by Crippen LogP contribution is 2.45. The van der Waals surface area contributed by atoms with Gasteiger partial charge >= 0.3 is 16.4 Å². The number of amides is 4. The number of methoxy groups -OCH3 is 1. The van der Waals surface area contributed by atoms with Crippen LogP contribution in [0.5, 0.6) is 11.5 Å². The molecular formula is C37H48N4O10S. The highest BCUT2D eigenvalue weighted by atomic mass is 32.2. The molecule has 2 aromatic rings. The van der Waals surface area contributed by atoms with E-state index in [1.807, 2.05) is 35.1 Å². The number of likely N-dealkylation sites (tertiary alicyclic amines) is 1. The SMILES string of the molecule is C=CC1C[C@]1(NC(=O)C1C[C@@H](Oc2cccc3cc(OC)ccc23)CN1C(=O)C(NC(=O)OC1CCCC1)C(C)(C)C)C(=O)NS(=O)(=O)OC1CC1. The van der Waals surface area contributed by atoms with Crippen LogP contribution in [0.1, 0.15) is 72.1 Å². The fourth-order valence-electron chi connectivity index (χ4n) is 7.05. The quantitative estimate of drug-likeness (QED) is 0.255. The highest BCUT2D eigenvalue weighted by Gasteiger charge is 2.62. The number of carbonyl (C=O) groups is 4. The molecule has 4 aliphatic rings. The van der Waals surface area contributed by atoms with Crippen molar-refractivity contribution in [3.05, 3.63) is 49.1 Å². The van der Waals surface area contributed by atoms with E-state index in [1.54, 1.807) is 33.9 Å². The fraction of sp³-hybridized carbons (Fsp3) is 0.568. The molecule has 3 aliphatic carbocycles. The lowest BCUT2D eigenvalue weighted by molar-refractivity contribution is -0.143. The minimum absolute atomic E-state index is 0.0108. The summed E-state index contributed by atoms with van der Waals surface area (Å²) in [6, 6.07) is 8.89. The summed E-state index contributed by atoms with van der Waals surface area (Å²) in [6.45, 7) is 9.15. The molecule has 1 heterocycles. The summed E-state index contributed by atoms with van der Waals surface area (Å²) in [5, 5.41) is 7.20.